The lowest BCUT2D eigenvalue weighted by Gasteiger charge is -2.35. The van der Waals surface area contributed by atoms with Crippen molar-refractivity contribution in [3.63, 3.8) is 0 Å². The number of hydrogen-bond acceptors (Lipinski definition) is 4. The Kier molecular flexibility index (Phi) is 2.59. The minimum absolute atomic E-state index is 0.117. The summed E-state index contributed by atoms with van der Waals surface area (Å²) >= 11 is 0. The number of pyridine rings is 1. The van der Waals surface area contributed by atoms with Crippen LogP contribution in [0, 0.1) is 0 Å². The Morgan fingerprint density at radius 1 is 1.32 bits per heavy atom. The molecule has 1 aliphatic rings. The molecule has 1 aromatic heterocycles. The highest BCUT2D eigenvalue weighted by atomic mass is 16.2. The topological polar surface area (TPSA) is 71.2 Å². The van der Waals surface area contributed by atoms with Crippen molar-refractivity contribution in [3.8, 4) is 0 Å². The van der Waals surface area contributed by atoms with Gasteiger partial charge in [-0.15, -0.1) is 0 Å². The number of aromatic nitrogens is 1. The number of carbonyl (C=O) groups is 1. The number of nitrogens with one attached hydrogen (secondary N) is 1. The molecule has 96 valence electrons. The SMILES string of the molecule is CN1c2ncccc2C(=O)NC1c1cccc(N)c1. The van der Waals surface area contributed by atoms with Gasteiger partial charge in [-0.25, -0.2) is 4.98 Å². The first-order chi connectivity index (χ1) is 9.16. The van der Waals surface area contributed by atoms with Crippen molar-refractivity contribution in [2.75, 3.05) is 17.7 Å². The third-order valence-corrected chi connectivity index (χ3v) is 3.25. The number of fused-ring (bicyclic) bond motifs is 1. The molecular weight excluding hydrogens is 240 g/mol. The Balaban J connectivity index is 2.05. The van der Waals surface area contributed by atoms with Crippen molar-refractivity contribution >= 4 is 17.4 Å². The zero-order chi connectivity index (χ0) is 13.4. The van der Waals surface area contributed by atoms with Gasteiger partial charge in [-0.1, -0.05) is 12.1 Å². The maximum atomic E-state index is 12.1. The van der Waals surface area contributed by atoms with E-state index < -0.39 is 0 Å². The molecule has 1 amide bonds. The highest BCUT2D eigenvalue weighted by molar-refractivity contribution is 6.01. The molecule has 1 aliphatic heterocycles. The summed E-state index contributed by atoms with van der Waals surface area (Å²) in [6, 6.07) is 11.0. The first kappa shape index (κ1) is 11.5. The first-order valence-corrected chi connectivity index (χ1v) is 6.01. The minimum atomic E-state index is -0.251. The number of amides is 1. The van der Waals surface area contributed by atoms with Crippen LogP contribution >= 0.6 is 0 Å². The highest BCUT2D eigenvalue weighted by Crippen LogP contribution is 2.30. The summed E-state index contributed by atoms with van der Waals surface area (Å²) in [6.07, 6.45) is 1.43. The van der Waals surface area contributed by atoms with Crippen LogP contribution in [0.3, 0.4) is 0 Å². The molecular formula is C14H14N4O. The van der Waals surface area contributed by atoms with Crippen molar-refractivity contribution in [2.45, 2.75) is 6.17 Å². The first-order valence-electron chi connectivity index (χ1n) is 6.01. The lowest BCUT2D eigenvalue weighted by molar-refractivity contribution is 0.0927. The third-order valence-electron chi connectivity index (χ3n) is 3.25. The summed E-state index contributed by atoms with van der Waals surface area (Å²) in [5.41, 5.74) is 7.99. The summed E-state index contributed by atoms with van der Waals surface area (Å²) < 4.78 is 0. The molecule has 0 radical (unpaired) electrons. The molecule has 0 saturated heterocycles. The van der Waals surface area contributed by atoms with Crippen molar-refractivity contribution in [1.29, 1.82) is 0 Å². The van der Waals surface area contributed by atoms with E-state index in [1.54, 1.807) is 18.3 Å². The number of nitrogens with zero attached hydrogens (tertiary/aromatic N) is 2. The number of nitrogen functional groups attached to an aromatic ring is 1. The van der Waals surface area contributed by atoms with Gasteiger partial charge in [-0.2, -0.15) is 0 Å². The Bertz CT molecular complexity index is 641. The summed E-state index contributed by atoms with van der Waals surface area (Å²) in [4.78, 5) is 18.3. The molecule has 0 aliphatic carbocycles. The number of carbonyl (C=O) groups excluding carboxylic acids is 1. The van der Waals surface area contributed by atoms with Crippen molar-refractivity contribution < 1.29 is 4.79 Å². The summed E-state index contributed by atoms with van der Waals surface area (Å²) in [5, 5.41) is 2.96. The maximum absolute atomic E-state index is 12.1. The monoisotopic (exact) mass is 254 g/mol. The van der Waals surface area contributed by atoms with Gasteiger partial charge < -0.3 is 16.0 Å². The van der Waals surface area contributed by atoms with Gasteiger partial charge in [-0.3, -0.25) is 4.79 Å². The zero-order valence-electron chi connectivity index (χ0n) is 10.5. The molecule has 0 bridgehead atoms. The third kappa shape index (κ3) is 1.89. The van der Waals surface area contributed by atoms with Gasteiger partial charge in [0.1, 0.15) is 12.0 Å². The summed E-state index contributed by atoms with van der Waals surface area (Å²) in [5.74, 6) is 0.562. The molecule has 5 nitrogen and oxygen atoms in total. The van der Waals surface area contributed by atoms with Gasteiger partial charge in [-0.05, 0) is 29.8 Å². The molecule has 1 unspecified atom stereocenters. The van der Waals surface area contributed by atoms with Crippen LogP contribution in [-0.4, -0.2) is 17.9 Å². The number of nitrogens with two attached hydrogens (primary N) is 1. The van der Waals surface area contributed by atoms with Crippen LogP contribution in [0.1, 0.15) is 22.1 Å². The van der Waals surface area contributed by atoms with Crippen LogP contribution in [0.4, 0.5) is 11.5 Å². The van der Waals surface area contributed by atoms with Gasteiger partial charge in [0.15, 0.2) is 0 Å². The molecule has 1 atom stereocenters. The van der Waals surface area contributed by atoms with Gasteiger partial charge in [0.05, 0.1) is 5.56 Å². The van der Waals surface area contributed by atoms with Gasteiger partial charge in [0, 0.05) is 18.9 Å². The molecule has 19 heavy (non-hydrogen) atoms. The van der Waals surface area contributed by atoms with Gasteiger partial charge in [0.2, 0.25) is 0 Å². The van der Waals surface area contributed by atoms with Crippen LogP contribution in [0.25, 0.3) is 0 Å². The highest BCUT2D eigenvalue weighted by Gasteiger charge is 2.30. The van der Waals surface area contributed by atoms with Crippen LogP contribution < -0.4 is 16.0 Å². The van der Waals surface area contributed by atoms with Crippen LogP contribution in [-0.2, 0) is 0 Å². The standard InChI is InChI=1S/C14H14N4O/c1-18-12(9-4-2-5-10(15)8-9)17-14(19)11-6-3-7-16-13(11)18/h2-8,12H,15H2,1H3,(H,17,19). The molecule has 3 rings (SSSR count). The van der Waals surface area contributed by atoms with Crippen LogP contribution in [0.2, 0.25) is 0 Å². The molecule has 1 aromatic carbocycles. The lowest BCUT2D eigenvalue weighted by atomic mass is 10.1. The van der Waals surface area contributed by atoms with Crippen molar-refractivity contribution in [3.05, 3.63) is 53.7 Å². The average molecular weight is 254 g/mol. The quantitative estimate of drug-likeness (QED) is 0.757. The average Bonchev–Trinajstić information content (AvgIpc) is 2.43. The van der Waals surface area contributed by atoms with Gasteiger partial charge in [0.25, 0.3) is 5.91 Å². The predicted molar refractivity (Wildman–Crippen MR) is 73.7 cm³/mol. The second-order valence-corrected chi connectivity index (χ2v) is 4.53. The Morgan fingerprint density at radius 3 is 2.95 bits per heavy atom. The second kappa shape index (κ2) is 4.28. The number of anilines is 2. The van der Waals surface area contributed by atoms with Crippen molar-refractivity contribution in [1.82, 2.24) is 10.3 Å². The zero-order valence-corrected chi connectivity index (χ0v) is 10.5. The van der Waals surface area contributed by atoms with E-state index in [0.29, 0.717) is 17.1 Å². The normalized spacial score (nSPS) is 17.8. The fourth-order valence-corrected chi connectivity index (χ4v) is 2.31. The Hall–Kier alpha value is -2.56. The maximum Gasteiger partial charge on any atom is 0.256 e. The fourth-order valence-electron chi connectivity index (χ4n) is 2.31. The largest absolute Gasteiger partial charge is 0.399 e. The number of benzene rings is 1. The molecule has 5 heteroatoms. The van der Waals surface area contributed by atoms with Gasteiger partial charge >= 0.3 is 0 Å². The molecule has 2 heterocycles. The van der Waals surface area contributed by atoms with E-state index >= 15 is 0 Å². The molecule has 2 aromatic rings. The second-order valence-electron chi connectivity index (χ2n) is 4.53. The number of hydrogen-bond donors (Lipinski definition) is 2. The number of rotatable bonds is 1. The van der Waals surface area contributed by atoms with E-state index in [1.165, 1.54) is 0 Å². The van der Waals surface area contributed by atoms with E-state index in [0.717, 1.165) is 5.56 Å². The van der Waals surface area contributed by atoms with E-state index in [9.17, 15) is 4.79 Å². The molecule has 0 fully saturated rings. The summed E-state index contributed by atoms with van der Waals surface area (Å²) in [7, 11) is 1.90. The molecule has 0 saturated carbocycles. The Morgan fingerprint density at radius 2 is 2.16 bits per heavy atom. The molecule has 3 N–H and O–H groups in total. The fraction of sp³-hybridized carbons (Fsp3) is 0.143. The van der Waals surface area contributed by atoms with Crippen molar-refractivity contribution in [2.24, 2.45) is 0 Å². The smallest absolute Gasteiger partial charge is 0.256 e. The summed E-state index contributed by atoms with van der Waals surface area (Å²) in [6.45, 7) is 0. The van der Waals surface area contributed by atoms with E-state index in [1.807, 2.05) is 36.2 Å². The van der Waals surface area contributed by atoms with E-state index in [4.69, 9.17) is 5.73 Å². The van der Waals surface area contributed by atoms with Crippen LogP contribution in [0.5, 0.6) is 0 Å². The minimum Gasteiger partial charge on any atom is -0.399 e. The van der Waals surface area contributed by atoms with E-state index in [2.05, 4.69) is 10.3 Å². The lowest BCUT2D eigenvalue weighted by Crippen LogP contribution is -2.45. The van der Waals surface area contributed by atoms with E-state index in [-0.39, 0.29) is 12.1 Å². The Labute approximate surface area is 111 Å². The van der Waals surface area contributed by atoms with Crippen LogP contribution in [0.15, 0.2) is 42.6 Å². The molecule has 0 spiro atoms. The predicted octanol–water partition coefficient (Wildman–Crippen LogP) is 1.54.